The zero-order valence-electron chi connectivity index (χ0n) is 13.9. The molecule has 1 aliphatic heterocycles. The number of primary amides is 1. The van der Waals surface area contributed by atoms with Gasteiger partial charge >= 0.3 is 12.0 Å². The lowest BCUT2D eigenvalue weighted by molar-refractivity contribution is -0.143. The Bertz CT molecular complexity index is 845. The van der Waals surface area contributed by atoms with Gasteiger partial charge in [0.2, 0.25) is 0 Å². The summed E-state index contributed by atoms with van der Waals surface area (Å²) in [5, 5.41) is 4.08. The van der Waals surface area contributed by atoms with Crippen LogP contribution in [-0.4, -0.2) is 17.7 Å². The summed E-state index contributed by atoms with van der Waals surface area (Å²) in [5.41, 5.74) is 9.12. The van der Waals surface area contributed by atoms with E-state index in [-0.39, 0.29) is 5.97 Å². The van der Waals surface area contributed by atoms with Gasteiger partial charge in [0.05, 0.1) is 17.1 Å². The second-order valence-corrected chi connectivity index (χ2v) is 5.75. The minimum atomic E-state index is -0.580. The molecule has 2 amide bonds. The van der Waals surface area contributed by atoms with Crippen molar-refractivity contribution in [2.75, 3.05) is 4.90 Å². The van der Waals surface area contributed by atoms with Crippen molar-refractivity contribution in [3.05, 3.63) is 59.7 Å². The zero-order valence-corrected chi connectivity index (χ0v) is 13.9. The maximum Gasteiger partial charge on any atom is 0.335 e. The average Bonchev–Trinajstić information content (AvgIpc) is 2.74. The van der Waals surface area contributed by atoms with E-state index in [4.69, 9.17) is 10.6 Å². The van der Waals surface area contributed by atoms with Gasteiger partial charge in [-0.1, -0.05) is 48.5 Å². The molecule has 25 heavy (non-hydrogen) atoms. The zero-order chi connectivity index (χ0) is 17.8. The summed E-state index contributed by atoms with van der Waals surface area (Å²) >= 11 is 0. The summed E-state index contributed by atoms with van der Waals surface area (Å²) in [6.45, 7) is 1.90. The van der Waals surface area contributed by atoms with Gasteiger partial charge in [0.25, 0.3) is 0 Å². The number of para-hydroxylation sites is 2. The number of urea groups is 1. The average molecular weight is 337 g/mol. The Morgan fingerprint density at radius 2 is 1.80 bits per heavy atom. The maximum absolute atomic E-state index is 12.1. The molecule has 2 N–H and O–H groups in total. The molecule has 1 aliphatic rings. The summed E-state index contributed by atoms with van der Waals surface area (Å²) in [6, 6.07) is 14.2. The summed E-state index contributed by atoms with van der Waals surface area (Å²) in [6.07, 6.45) is 1.43. The van der Waals surface area contributed by atoms with E-state index in [1.54, 1.807) is 6.07 Å². The molecule has 6 heteroatoms. The van der Waals surface area contributed by atoms with Crippen molar-refractivity contribution in [1.29, 1.82) is 0 Å². The Hall–Kier alpha value is -3.15. The van der Waals surface area contributed by atoms with E-state index in [0.29, 0.717) is 41.9 Å². The Morgan fingerprint density at radius 1 is 1.12 bits per heavy atom. The smallest absolute Gasteiger partial charge is 0.335 e. The first kappa shape index (κ1) is 16.7. The van der Waals surface area contributed by atoms with E-state index in [1.165, 1.54) is 4.90 Å². The number of nitrogens with two attached hydrogens (primary N) is 1. The number of hydrogen-bond acceptors (Lipinski definition) is 4. The molecule has 0 bridgehead atoms. The van der Waals surface area contributed by atoms with Crippen molar-refractivity contribution in [3.8, 4) is 0 Å². The molecule has 2 aromatic rings. The van der Waals surface area contributed by atoms with Crippen LogP contribution in [0.5, 0.6) is 0 Å². The fraction of sp³-hybridized carbons (Fsp3) is 0.211. The standard InChI is InChI=1S/C19H19N3O3/c1-2-7-18(23)25-21-15-12-13-8-3-5-10-16(13)22(19(20)24)17-11-6-4-9-14(15)17/h3-6,8-11H,2,7,12H2,1H3,(H2,20,24). The molecule has 6 nitrogen and oxygen atoms in total. The van der Waals surface area contributed by atoms with E-state index in [0.717, 1.165) is 5.56 Å². The molecular weight excluding hydrogens is 318 g/mol. The topological polar surface area (TPSA) is 85.0 Å². The van der Waals surface area contributed by atoms with Gasteiger partial charge in [-0.3, -0.25) is 4.90 Å². The predicted molar refractivity (Wildman–Crippen MR) is 95.8 cm³/mol. The monoisotopic (exact) mass is 337 g/mol. The molecule has 2 aromatic carbocycles. The fourth-order valence-electron chi connectivity index (χ4n) is 2.87. The lowest BCUT2D eigenvalue weighted by Gasteiger charge is -2.22. The first-order valence-electron chi connectivity index (χ1n) is 8.15. The molecule has 0 saturated carbocycles. The van der Waals surface area contributed by atoms with Crippen LogP contribution < -0.4 is 10.6 Å². The third-order valence-corrected chi connectivity index (χ3v) is 3.98. The van der Waals surface area contributed by atoms with Crippen LogP contribution in [0.25, 0.3) is 0 Å². The first-order valence-corrected chi connectivity index (χ1v) is 8.15. The molecule has 0 fully saturated rings. The number of amides is 2. The van der Waals surface area contributed by atoms with Crippen LogP contribution in [0.2, 0.25) is 0 Å². The van der Waals surface area contributed by atoms with E-state index in [1.807, 2.05) is 49.4 Å². The number of oxime groups is 1. The van der Waals surface area contributed by atoms with Crippen LogP contribution in [0.4, 0.5) is 16.2 Å². The molecule has 0 atom stereocenters. The van der Waals surface area contributed by atoms with Crippen LogP contribution in [0.1, 0.15) is 30.9 Å². The van der Waals surface area contributed by atoms with Crippen LogP contribution in [0.15, 0.2) is 53.7 Å². The number of benzene rings is 2. The normalized spacial score (nSPS) is 14.4. The number of hydrogen-bond donors (Lipinski definition) is 1. The summed E-state index contributed by atoms with van der Waals surface area (Å²) < 4.78 is 0. The quantitative estimate of drug-likeness (QED) is 0.687. The maximum atomic E-state index is 12.1. The van der Waals surface area contributed by atoms with Crippen LogP contribution in [-0.2, 0) is 16.1 Å². The number of nitrogens with zero attached hydrogens (tertiary/aromatic N) is 2. The first-order chi connectivity index (χ1) is 12.1. The highest BCUT2D eigenvalue weighted by Crippen LogP contribution is 2.35. The van der Waals surface area contributed by atoms with Crippen LogP contribution in [0, 0.1) is 0 Å². The van der Waals surface area contributed by atoms with Gasteiger partial charge in [0.15, 0.2) is 0 Å². The van der Waals surface area contributed by atoms with Crippen LogP contribution in [0.3, 0.4) is 0 Å². The van der Waals surface area contributed by atoms with E-state index in [9.17, 15) is 9.59 Å². The third kappa shape index (κ3) is 3.38. The summed E-state index contributed by atoms with van der Waals surface area (Å²) in [7, 11) is 0. The minimum absolute atomic E-state index is 0.308. The number of carbonyl (C=O) groups is 2. The summed E-state index contributed by atoms with van der Waals surface area (Å²) in [5.74, 6) is -0.378. The van der Waals surface area contributed by atoms with Gasteiger partial charge in [-0.05, 0) is 24.1 Å². The van der Waals surface area contributed by atoms with Gasteiger partial charge < -0.3 is 10.6 Å². The van der Waals surface area contributed by atoms with Crippen molar-refractivity contribution in [2.24, 2.45) is 10.9 Å². The van der Waals surface area contributed by atoms with E-state index < -0.39 is 6.03 Å². The molecule has 0 spiro atoms. The highest BCUT2D eigenvalue weighted by atomic mass is 16.7. The van der Waals surface area contributed by atoms with Gasteiger partial charge in [0.1, 0.15) is 0 Å². The van der Waals surface area contributed by atoms with E-state index >= 15 is 0 Å². The highest BCUT2D eigenvalue weighted by Gasteiger charge is 2.27. The molecule has 3 rings (SSSR count). The largest absolute Gasteiger partial charge is 0.351 e. The SMILES string of the molecule is CCCC(=O)ON=C1Cc2ccccc2N(C(N)=O)c2ccccc21. The molecule has 0 unspecified atom stereocenters. The third-order valence-electron chi connectivity index (χ3n) is 3.98. The van der Waals surface area contributed by atoms with Gasteiger partial charge in [-0.15, -0.1) is 0 Å². The van der Waals surface area contributed by atoms with Crippen molar-refractivity contribution in [1.82, 2.24) is 0 Å². The Balaban J connectivity index is 2.12. The molecule has 0 radical (unpaired) electrons. The Kier molecular flexibility index (Phi) is 4.79. The van der Waals surface area contributed by atoms with E-state index in [2.05, 4.69) is 5.16 Å². The second kappa shape index (κ2) is 7.17. The minimum Gasteiger partial charge on any atom is -0.351 e. The Labute approximate surface area is 145 Å². The summed E-state index contributed by atoms with van der Waals surface area (Å²) in [4.78, 5) is 30.3. The predicted octanol–water partition coefficient (Wildman–Crippen LogP) is 3.51. The highest BCUT2D eigenvalue weighted by molar-refractivity contribution is 6.13. The van der Waals surface area contributed by atoms with Gasteiger partial charge in [-0.25, -0.2) is 9.59 Å². The van der Waals surface area contributed by atoms with Gasteiger partial charge in [-0.2, -0.15) is 0 Å². The molecule has 0 aromatic heterocycles. The molecular formula is C19H19N3O3. The number of carbonyl (C=O) groups excluding carboxylic acids is 2. The van der Waals surface area contributed by atoms with Crippen molar-refractivity contribution < 1.29 is 14.4 Å². The lowest BCUT2D eigenvalue weighted by atomic mass is 10.0. The second-order valence-electron chi connectivity index (χ2n) is 5.75. The van der Waals surface area contributed by atoms with Crippen molar-refractivity contribution >= 4 is 29.1 Å². The molecule has 0 saturated heterocycles. The van der Waals surface area contributed by atoms with Crippen LogP contribution >= 0.6 is 0 Å². The lowest BCUT2D eigenvalue weighted by Crippen LogP contribution is -2.32. The van der Waals surface area contributed by atoms with Crippen molar-refractivity contribution in [2.45, 2.75) is 26.2 Å². The fourth-order valence-corrected chi connectivity index (χ4v) is 2.87. The number of fused-ring (bicyclic) bond motifs is 2. The molecule has 1 heterocycles. The van der Waals surface area contributed by atoms with Crippen molar-refractivity contribution in [3.63, 3.8) is 0 Å². The number of anilines is 2. The Morgan fingerprint density at radius 3 is 2.52 bits per heavy atom. The van der Waals surface area contributed by atoms with Gasteiger partial charge in [0, 0.05) is 18.4 Å². The number of rotatable bonds is 3. The molecule has 0 aliphatic carbocycles. The molecule has 128 valence electrons.